The third-order valence-electron chi connectivity index (χ3n) is 6.51. The van der Waals surface area contributed by atoms with Gasteiger partial charge in [-0.1, -0.05) is 35.5 Å². The predicted molar refractivity (Wildman–Crippen MR) is 139 cm³/mol. The number of ether oxygens (including phenoxy) is 3. The normalized spacial score (nSPS) is 18.6. The number of benzene rings is 1. The van der Waals surface area contributed by atoms with Gasteiger partial charge in [0.05, 0.1) is 50.3 Å². The van der Waals surface area contributed by atoms with E-state index in [1.807, 2.05) is 39.0 Å². The second-order valence-corrected chi connectivity index (χ2v) is 10.5. The van der Waals surface area contributed by atoms with E-state index >= 15 is 0 Å². The van der Waals surface area contributed by atoms with Crippen LogP contribution in [0, 0.1) is 0 Å². The number of aromatic nitrogens is 1. The maximum absolute atomic E-state index is 10.9. The van der Waals surface area contributed by atoms with Crippen molar-refractivity contribution in [3.8, 4) is 11.3 Å². The lowest BCUT2D eigenvalue weighted by Gasteiger charge is -2.32. The van der Waals surface area contributed by atoms with Gasteiger partial charge in [-0.15, -0.1) is 0 Å². The molecule has 2 fully saturated rings. The molecule has 9 nitrogen and oxygen atoms in total. The van der Waals surface area contributed by atoms with E-state index in [9.17, 15) is 5.11 Å². The molecule has 1 atom stereocenters. The van der Waals surface area contributed by atoms with E-state index in [1.54, 1.807) is 0 Å². The van der Waals surface area contributed by atoms with E-state index in [4.69, 9.17) is 18.7 Å². The number of rotatable bonds is 11. The van der Waals surface area contributed by atoms with E-state index in [0.717, 1.165) is 75.2 Å². The molecular weight excluding hydrogens is 460 g/mol. The van der Waals surface area contributed by atoms with Gasteiger partial charge in [-0.3, -0.25) is 9.80 Å². The van der Waals surface area contributed by atoms with Crippen LogP contribution in [0.2, 0.25) is 0 Å². The fourth-order valence-electron chi connectivity index (χ4n) is 4.54. The molecule has 2 aromatic rings. The molecule has 0 amide bonds. The number of morpholine rings is 2. The van der Waals surface area contributed by atoms with Gasteiger partial charge >= 0.3 is 0 Å². The Hall–Kier alpha value is -2.01. The molecule has 1 N–H and O–H groups in total. The Morgan fingerprint density at radius 1 is 1.03 bits per heavy atom. The van der Waals surface area contributed by atoms with Crippen molar-refractivity contribution in [1.82, 2.24) is 15.0 Å². The SMILES string of the molecule is CC(C)(C)OCC(O)CN(CCN1CCOCC1)Cc1c(-c2ccccc2)noc1N1CCOCC1. The first-order chi connectivity index (χ1) is 17.4. The van der Waals surface area contributed by atoms with Crippen molar-refractivity contribution in [2.24, 2.45) is 0 Å². The summed E-state index contributed by atoms with van der Waals surface area (Å²) in [5.74, 6) is 0.800. The summed E-state index contributed by atoms with van der Waals surface area (Å²) in [6.07, 6.45) is -0.596. The summed E-state index contributed by atoms with van der Waals surface area (Å²) >= 11 is 0. The average Bonchev–Trinajstić information content (AvgIpc) is 3.31. The van der Waals surface area contributed by atoms with Gasteiger partial charge in [-0.25, -0.2) is 0 Å². The molecule has 9 heteroatoms. The third kappa shape index (κ3) is 7.99. The monoisotopic (exact) mass is 502 g/mol. The Kier molecular flexibility index (Phi) is 9.75. The number of aliphatic hydroxyl groups excluding tert-OH is 1. The highest BCUT2D eigenvalue weighted by Gasteiger charge is 2.27. The fourth-order valence-corrected chi connectivity index (χ4v) is 4.54. The quantitative estimate of drug-likeness (QED) is 0.498. The highest BCUT2D eigenvalue weighted by Crippen LogP contribution is 2.33. The van der Waals surface area contributed by atoms with Crippen molar-refractivity contribution >= 4 is 5.88 Å². The Balaban J connectivity index is 1.55. The summed E-state index contributed by atoms with van der Waals surface area (Å²) in [4.78, 5) is 6.94. The van der Waals surface area contributed by atoms with Crippen LogP contribution in [0.15, 0.2) is 34.9 Å². The Bertz CT molecular complexity index is 905. The molecule has 2 saturated heterocycles. The average molecular weight is 503 g/mol. The van der Waals surface area contributed by atoms with Crippen LogP contribution in [0.25, 0.3) is 11.3 Å². The zero-order valence-corrected chi connectivity index (χ0v) is 22.0. The number of hydrogen-bond acceptors (Lipinski definition) is 9. The Morgan fingerprint density at radius 3 is 2.36 bits per heavy atom. The molecule has 0 bridgehead atoms. The molecule has 0 aliphatic carbocycles. The van der Waals surface area contributed by atoms with Crippen LogP contribution < -0.4 is 4.90 Å². The first-order valence-corrected chi connectivity index (χ1v) is 13.1. The molecule has 0 spiro atoms. The molecule has 1 unspecified atom stereocenters. The van der Waals surface area contributed by atoms with Crippen molar-refractivity contribution in [2.45, 2.75) is 39.0 Å². The molecule has 1 aromatic carbocycles. The molecule has 2 aliphatic heterocycles. The minimum absolute atomic E-state index is 0.294. The predicted octanol–water partition coefficient (Wildman–Crippen LogP) is 2.49. The molecule has 36 heavy (non-hydrogen) atoms. The standard InChI is InChI=1S/C27H42N4O5/c1-27(2,3)35-21-23(32)19-30(10-9-29-11-15-33-16-12-29)20-24-25(22-7-5-4-6-8-22)28-36-26(24)31-13-17-34-18-14-31/h4-8,23,32H,9-21H2,1-3H3. The second-order valence-electron chi connectivity index (χ2n) is 10.5. The van der Waals surface area contributed by atoms with Crippen molar-refractivity contribution in [1.29, 1.82) is 0 Å². The van der Waals surface area contributed by atoms with Crippen LogP contribution in [0.4, 0.5) is 5.88 Å². The summed E-state index contributed by atoms with van der Waals surface area (Å²) in [5, 5.41) is 15.4. The van der Waals surface area contributed by atoms with Crippen LogP contribution in [0.5, 0.6) is 0 Å². The van der Waals surface area contributed by atoms with Crippen molar-refractivity contribution in [2.75, 3.05) is 83.7 Å². The van der Waals surface area contributed by atoms with Crippen LogP contribution >= 0.6 is 0 Å². The minimum Gasteiger partial charge on any atom is -0.389 e. The van der Waals surface area contributed by atoms with Crippen LogP contribution in [-0.4, -0.2) is 111 Å². The lowest BCUT2D eigenvalue weighted by Crippen LogP contribution is -2.44. The molecule has 200 valence electrons. The Labute approximate surface area is 214 Å². The van der Waals surface area contributed by atoms with E-state index in [0.29, 0.717) is 32.9 Å². The number of nitrogens with zero attached hydrogens (tertiary/aromatic N) is 4. The summed E-state index contributed by atoms with van der Waals surface area (Å²) in [6.45, 7) is 15.5. The molecule has 0 saturated carbocycles. The van der Waals surface area contributed by atoms with E-state index in [2.05, 4.69) is 32.0 Å². The summed E-state index contributed by atoms with van der Waals surface area (Å²) in [7, 11) is 0. The lowest BCUT2D eigenvalue weighted by atomic mass is 10.1. The summed E-state index contributed by atoms with van der Waals surface area (Å²) in [5.41, 5.74) is 2.64. The summed E-state index contributed by atoms with van der Waals surface area (Å²) < 4.78 is 22.9. The van der Waals surface area contributed by atoms with Gasteiger partial charge in [-0.05, 0) is 20.8 Å². The number of anilines is 1. The largest absolute Gasteiger partial charge is 0.389 e. The van der Waals surface area contributed by atoms with Gasteiger partial charge in [0.25, 0.3) is 0 Å². The third-order valence-corrected chi connectivity index (χ3v) is 6.51. The van der Waals surface area contributed by atoms with E-state index in [1.165, 1.54) is 0 Å². The highest BCUT2D eigenvalue weighted by molar-refractivity contribution is 5.68. The van der Waals surface area contributed by atoms with Gasteiger partial charge in [0.15, 0.2) is 0 Å². The Morgan fingerprint density at radius 2 is 1.69 bits per heavy atom. The van der Waals surface area contributed by atoms with Crippen LogP contribution in [0.1, 0.15) is 26.3 Å². The smallest absolute Gasteiger partial charge is 0.232 e. The van der Waals surface area contributed by atoms with Gasteiger partial charge < -0.3 is 28.7 Å². The van der Waals surface area contributed by atoms with Crippen LogP contribution in [0.3, 0.4) is 0 Å². The molecule has 1 aromatic heterocycles. The minimum atomic E-state index is -0.596. The second kappa shape index (κ2) is 13.0. The zero-order chi connectivity index (χ0) is 25.4. The topological polar surface area (TPSA) is 83.7 Å². The maximum Gasteiger partial charge on any atom is 0.232 e. The summed E-state index contributed by atoms with van der Waals surface area (Å²) in [6, 6.07) is 10.2. The van der Waals surface area contributed by atoms with Gasteiger partial charge in [0, 0.05) is 57.9 Å². The fraction of sp³-hybridized carbons (Fsp3) is 0.667. The lowest BCUT2D eigenvalue weighted by molar-refractivity contribution is -0.0574. The van der Waals surface area contributed by atoms with Crippen molar-refractivity contribution in [3.63, 3.8) is 0 Å². The first-order valence-electron chi connectivity index (χ1n) is 13.1. The number of hydrogen-bond donors (Lipinski definition) is 1. The van der Waals surface area contributed by atoms with Gasteiger partial charge in [-0.2, -0.15) is 0 Å². The van der Waals surface area contributed by atoms with Gasteiger partial charge in [0.2, 0.25) is 5.88 Å². The van der Waals surface area contributed by atoms with E-state index in [-0.39, 0.29) is 5.60 Å². The molecule has 3 heterocycles. The molecule has 2 aliphatic rings. The van der Waals surface area contributed by atoms with Crippen molar-refractivity contribution < 1.29 is 23.8 Å². The van der Waals surface area contributed by atoms with Crippen LogP contribution in [-0.2, 0) is 20.8 Å². The maximum atomic E-state index is 10.9. The first kappa shape index (κ1) is 27.0. The zero-order valence-electron chi connectivity index (χ0n) is 22.0. The molecule has 4 rings (SSSR count). The molecular formula is C27H42N4O5. The van der Waals surface area contributed by atoms with E-state index < -0.39 is 6.10 Å². The molecule has 0 radical (unpaired) electrons. The highest BCUT2D eigenvalue weighted by atomic mass is 16.5. The van der Waals surface area contributed by atoms with Crippen molar-refractivity contribution in [3.05, 3.63) is 35.9 Å². The number of aliphatic hydroxyl groups is 1. The van der Waals surface area contributed by atoms with Gasteiger partial charge in [0.1, 0.15) is 5.69 Å².